The molecule has 0 unspecified atom stereocenters. The second-order valence-corrected chi connectivity index (χ2v) is 2.78. The summed E-state index contributed by atoms with van der Waals surface area (Å²) in [4.78, 5) is 4.16. The fourth-order valence-corrected chi connectivity index (χ4v) is 1.21. The molecule has 0 saturated heterocycles. The predicted molar refractivity (Wildman–Crippen MR) is 58.1 cm³/mol. The molecule has 0 atom stereocenters. The molecule has 0 aliphatic carbocycles. The number of hydrogen-bond acceptors (Lipinski definition) is 1. The van der Waals surface area contributed by atoms with E-state index in [4.69, 9.17) is 11.6 Å². The summed E-state index contributed by atoms with van der Waals surface area (Å²) < 4.78 is 0. The van der Waals surface area contributed by atoms with Crippen LogP contribution in [-0.4, -0.2) is 15.9 Å². The second-order valence-electron chi connectivity index (χ2n) is 2.34. The Morgan fingerprint density at radius 2 is 2.00 bits per heavy atom. The zero-order valence-electron chi connectivity index (χ0n) is 5.79. The lowest BCUT2D eigenvalue weighted by Crippen LogP contribution is -1.75. The SMILES string of the molecule is Clc1ccc2cccnc2c1.[SiH4]. The van der Waals surface area contributed by atoms with Gasteiger partial charge in [0.1, 0.15) is 0 Å². The van der Waals surface area contributed by atoms with Crippen LogP contribution >= 0.6 is 11.6 Å². The Labute approximate surface area is 80.4 Å². The van der Waals surface area contributed by atoms with Crippen molar-refractivity contribution in [2.75, 3.05) is 0 Å². The van der Waals surface area contributed by atoms with E-state index in [2.05, 4.69) is 4.98 Å². The third kappa shape index (κ3) is 1.65. The highest BCUT2D eigenvalue weighted by atomic mass is 35.5. The van der Waals surface area contributed by atoms with Gasteiger partial charge >= 0.3 is 0 Å². The fourth-order valence-electron chi connectivity index (χ4n) is 1.04. The predicted octanol–water partition coefficient (Wildman–Crippen LogP) is 1.44. The van der Waals surface area contributed by atoms with Crippen LogP contribution in [0.15, 0.2) is 36.5 Å². The summed E-state index contributed by atoms with van der Waals surface area (Å²) in [6, 6.07) is 9.61. The summed E-state index contributed by atoms with van der Waals surface area (Å²) in [7, 11) is 0. The molecule has 2 rings (SSSR count). The lowest BCUT2D eigenvalue weighted by atomic mass is 10.2. The molecule has 0 aliphatic rings. The van der Waals surface area contributed by atoms with E-state index in [1.807, 2.05) is 30.3 Å². The molecule has 1 heterocycles. The van der Waals surface area contributed by atoms with Gasteiger partial charge in [0.05, 0.1) is 5.52 Å². The third-order valence-electron chi connectivity index (χ3n) is 1.57. The number of halogens is 1. The van der Waals surface area contributed by atoms with Gasteiger partial charge < -0.3 is 0 Å². The summed E-state index contributed by atoms with van der Waals surface area (Å²) in [6.07, 6.45) is 1.76. The topological polar surface area (TPSA) is 12.9 Å². The van der Waals surface area contributed by atoms with Gasteiger partial charge in [0, 0.05) is 16.6 Å². The summed E-state index contributed by atoms with van der Waals surface area (Å²) >= 11 is 5.78. The molecule has 1 aromatic carbocycles. The Bertz CT molecular complexity index is 389. The molecule has 0 fully saturated rings. The van der Waals surface area contributed by atoms with E-state index < -0.39 is 0 Å². The van der Waals surface area contributed by atoms with Crippen molar-refractivity contribution in [3.8, 4) is 0 Å². The number of pyridine rings is 1. The monoisotopic (exact) mass is 195 g/mol. The van der Waals surface area contributed by atoms with Gasteiger partial charge in [-0.25, -0.2) is 0 Å². The van der Waals surface area contributed by atoms with E-state index in [0.717, 1.165) is 15.9 Å². The zero-order chi connectivity index (χ0) is 7.68. The van der Waals surface area contributed by atoms with E-state index in [1.165, 1.54) is 0 Å². The van der Waals surface area contributed by atoms with Gasteiger partial charge in [-0.15, -0.1) is 0 Å². The molecule has 3 heteroatoms. The van der Waals surface area contributed by atoms with Crippen LogP contribution in [-0.2, 0) is 0 Å². The van der Waals surface area contributed by atoms with E-state index >= 15 is 0 Å². The average Bonchev–Trinajstić information content (AvgIpc) is 2.04. The first-order chi connectivity index (χ1) is 5.36. The molecule has 0 N–H and O–H groups in total. The minimum atomic E-state index is 0. The smallest absolute Gasteiger partial charge is 0.0716 e. The molecule has 0 aliphatic heterocycles. The van der Waals surface area contributed by atoms with Crippen LogP contribution in [0.4, 0.5) is 0 Å². The third-order valence-corrected chi connectivity index (χ3v) is 1.80. The van der Waals surface area contributed by atoms with Crippen LogP contribution in [0.1, 0.15) is 0 Å². The van der Waals surface area contributed by atoms with Crippen LogP contribution in [0.3, 0.4) is 0 Å². The van der Waals surface area contributed by atoms with Crippen molar-refractivity contribution in [2.24, 2.45) is 0 Å². The number of aromatic nitrogens is 1. The molecule has 62 valence electrons. The maximum atomic E-state index is 5.78. The number of rotatable bonds is 0. The van der Waals surface area contributed by atoms with E-state index in [-0.39, 0.29) is 11.0 Å². The Morgan fingerprint density at radius 1 is 1.17 bits per heavy atom. The molecule has 2 aromatic rings. The molecule has 1 aromatic heterocycles. The lowest BCUT2D eigenvalue weighted by molar-refractivity contribution is 1.41. The molecule has 0 spiro atoms. The van der Waals surface area contributed by atoms with E-state index in [1.54, 1.807) is 6.20 Å². The second kappa shape index (κ2) is 3.69. The molecular weight excluding hydrogens is 186 g/mol. The first-order valence-electron chi connectivity index (χ1n) is 3.36. The van der Waals surface area contributed by atoms with E-state index in [9.17, 15) is 0 Å². The van der Waals surface area contributed by atoms with Gasteiger partial charge in [-0.3, -0.25) is 4.98 Å². The van der Waals surface area contributed by atoms with Gasteiger partial charge in [-0.05, 0) is 29.2 Å². The number of fused-ring (bicyclic) bond motifs is 1. The van der Waals surface area contributed by atoms with Crippen molar-refractivity contribution in [2.45, 2.75) is 0 Å². The molecule has 0 amide bonds. The average molecular weight is 196 g/mol. The fraction of sp³-hybridized carbons (Fsp3) is 0. The standard InChI is InChI=1S/C9H6ClN.H4Si/c10-8-4-3-7-2-1-5-11-9(7)6-8;/h1-6H;1H4. The van der Waals surface area contributed by atoms with Gasteiger partial charge in [-0.1, -0.05) is 23.7 Å². The van der Waals surface area contributed by atoms with Crippen molar-refractivity contribution in [1.29, 1.82) is 0 Å². The Hall–Kier alpha value is -0.863. The summed E-state index contributed by atoms with van der Waals surface area (Å²) in [5.74, 6) is 0. The highest BCUT2D eigenvalue weighted by Gasteiger charge is 1.92. The highest BCUT2D eigenvalue weighted by molar-refractivity contribution is 6.31. The minimum absolute atomic E-state index is 0. The molecule has 1 nitrogen and oxygen atoms in total. The van der Waals surface area contributed by atoms with Crippen molar-refractivity contribution >= 4 is 33.5 Å². The Balaban J connectivity index is 0.000000720. The van der Waals surface area contributed by atoms with Crippen LogP contribution in [0, 0.1) is 0 Å². The van der Waals surface area contributed by atoms with Crippen molar-refractivity contribution < 1.29 is 0 Å². The molecular formula is C9H10ClNSi. The number of nitrogens with zero attached hydrogens (tertiary/aromatic N) is 1. The van der Waals surface area contributed by atoms with Gasteiger partial charge in [0.25, 0.3) is 0 Å². The van der Waals surface area contributed by atoms with Crippen LogP contribution in [0.25, 0.3) is 10.9 Å². The number of benzene rings is 1. The Kier molecular flexibility index (Phi) is 2.84. The van der Waals surface area contributed by atoms with Gasteiger partial charge in [-0.2, -0.15) is 0 Å². The first kappa shape index (κ1) is 9.23. The van der Waals surface area contributed by atoms with Crippen LogP contribution in [0.2, 0.25) is 5.02 Å². The molecule has 0 bridgehead atoms. The quantitative estimate of drug-likeness (QED) is 0.580. The molecule has 0 radical (unpaired) electrons. The largest absolute Gasteiger partial charge is 0.256 e. The van der Waals surface area contributed by atoms with Gasteiger partial charge in [0.15, 0.2) is 0 Å². The van der Waals surface area contributed by atoms with Crippen molar-refractivity contribution in [3.05, 3.63) is 41.6 Å². The summed E-state index contributed by atoms with van der Waals surface area (Å²) in [6.45, 7) is 0. The maximum Gasteiger partial charge on any atom is 0.0716 e. The minimum Gasteiger partial charge on any atom is -0.256 e. The first-order valence-corrected chi connectivity index (χ1v) is 3.74. The lowest BCUT2D eigenvalue weighted by Gasteiger charge is -1.94. The summed E-state index contributed by atoms with van der Waals surface area (Å²) in [5, 5.41) is 1.85. The molecule has 12 heavy (non-hydrogen) atoms. The van der Waals surface area contributed by atoms with Crippen molar-refractivity contribution in [3.63, 3.8) is 0 Å². The van der Waals surface area contributed by atoms with Crippen LogP contribution < -0.4 is 0 Å². The highest BCUT2D eigenvalue weighted by Crippen LogP contribution is 2.16. The van der Waals surface area contributed by atoms with Crippen LogP contribution in [0.5, 0.6) is 0 Å². The normalized spacial score (nSPS) is 9.42. The molecule has 0 saturated carbocycles. The maximum absolute atomic E-state index is 5.78. The number of hydrogen-bond donors (Lipinski definition) is 0. The summed E-state index contributed by atoms with van der Waals surface area (Å²) in [5.41, 5.74) is 0.944. The van der Waals surface area contributed by atoms with E-state index in [0.29, 0.717) is 0 Å². The van der Waals surface area contributed by atoms with Crippen molar-refractivity contribution in [1.82, 2.24) is 4.98 Å². The Morgan fingerprint density at radius 3 is 2.83 bits per heavy atom. The zero-order valence-corrected chi connectivity index (χ0v) is 6.55. The van der Waals surface area contributed by atoms with Gasteiger partial charge in [0.2, 0.25) is 0 Å².